The number of rotatable bonds is 7. The monoisotopic (exact) mass is 419 g/mol. The number of thioether (sulfide) groups is 1. The van der Waals surface area contributed by atoms with Crippen LogP contribution >= 0.6 is 11.8 Å². The Labute approximate surface area is 167 Å². The number of aromatic amines is 1. The molecule has 4 rings (SSSR count). The lowest BCUT2D eigenvalue weighted by Gasteiger charge is -2.02. The number of carbonyl (C=O) groups is 1. The van der Waals surface area contributed by atoms with Gasteiger partial charge in [-0.3, -0.25) is 4.79 Å². The molecule has 1 atom stereocenters. The topological polar surface area (TPSA) is 106 Å². The van der Waals surface area contributed by atoms with Crippen molar-refractivity contribution in [1.82, 2.24) is 15.2 Å². The van der Waals surface area contributed by atoms with E-state index in [0.29, 0.717) is 29.5 Å². The van der Waals surface area contributed by atoms with Gasteiger partial charge in [-0.25, -0.2) is 8.42 Å². The second-order valence-corrected chi connectivity index (χ2v) is 10.2. The minimum atomic E-state index is -2.92. The number of sulfone groups is 1. The summed E-state index contributed by atoms with van der Waals surface area (Å²) in [5.41, 5.74) is 2.85. The maximum absolute atomic E-state index is 12.7. The maximum Gasteiger partial charge on any atom is 0.277 e. The number of fused-ring (bicyclic) bond motifs is 1. The number of H-pyrrole nitrogens is 1. The highest BCUT2D eigenvalue weighted by atomic mass is 32.2. The molecule has 0 saturated carbocycles. The highest BCUT2D eigenvalue weighted by Crippen LogP contribution is 2.26. The van der Waals surface area contributed by atoms with E-state index >= 15 is 0 Å². The smallest absolute Gasteiger partial charge is 0.277 e. The van der Waals surface area contributed by atoms with Gasteiger partial charge in [0.1, 0.15) is 0 Å². The molecule has 0 spiro atoms. The van der Waals surface area contributed by atoms with Gasteiger partial charge in [0.25, 0.3) is 5.22 Å². The fourth-order valence-corrected chi connectivity index (χ4v) is 6.13. The van der Waals surface area contributed by atoms with Crippen LogP contribution in [0.2, 0.25) is 0 Å². The average Bonchev–Trinajstić information content (AvgIpc) is 3.38. The van der Waals surface area contributed by atoms with Crippen LogP contribution < -0.4 is 0 Å². The molecule has 1 aliphatic heterocycles. The number of para-hydroxylation sites is 1. The molecule has 9 heteroatoms. The van der Waals surface area contributed by atoms with Crippen molar-refractivity contribution >= 4 is 38.3 Å². The van der Waals surface area contributed by atoms with Crippen molar-refractivity contribution < 1.29 is 17.6 Å². The molecule has 28 heavy (non-hydrogen) atoms. The van der Waals surface area contributed by atoms with Gasteiger partial charge in [-0.1, -0.05) is 36.9 Å². The first-order valence-corrected chi connectivity index (χ1v) is 12.0. The number of benzene rings is 1. The third kappa shape index (κ3) is 4.00. The van der Waals surface area contributed by atoms with E-state index in [1.54, 1.807) is 6.20 Å². The number of hydrogen-bond donors (Lipinski definition) is 1. The molecule has 0 radical (unpaired) electrons. The quantitative estimate of drug-likeness (QED) is 0.463. The standard InChI is InChI=1S/C19H21N3O4S2/c1-2-13-4-3-5-14-15(9-20-18(13)14)16(23)10-27-19-22-21-17(26-19)8-12-6-7-28(24,25)11-12/h3-5,9,12,20H,2,6-8,10-11H2,1H3/t12-/m1/s1. The van der Waals surface area contributed by atoms with Crippen LogP contribution in [0.1, 0.15) is 35.2 Å². The molecule has 3 heterocycles. The summed E-state index contributed by atoms with van der Waals surface area (Å²) in [6.07, 6.45) is 3.74. The van der Waals surface area contributed by atoms with Crippen molar-refractivity contribution in [1.29, 1.82) is 0 Å². The Morgan fingerprint density at radius 1 is 1.36 bits per heavy atom. The molecule has 0 aliphatic carbocycles. The summed E-state index contributed by atoms with van der Waals surface area (Å²) in [4.78, 5) is 15.9. The molecule has 3 aromatic rings. The maximum atomic E-state index is 12.7. The zero-order valence-electron chi connectivity index (χ0n) is 15.5. The Bertz CT molecular complexity index is 1120. The Hall–Kier alpha value is -2.13. The van der Waals surface area contributed by atoms with Gasteiger partial charge in [0, 0.05) is 29.1 Å². The summed E-state index contributed by atoms with van der Waals surface area (Å²) in [6.45, 7) is 2.08. The van der Waals surface area contributed by atoms with Crippen LogP contribution in [-0.2, 0) is 22.7 Å². The molecule has 148 valence electrons. The molecule has 1 aliphatic rings. The van der Waals surface area contributed by atoms with E-state index in [4.69, 9.17) is 4.42 Å². The predicted octanol–water partition coefficient (Wildman–Crippen LogP) is 3.07. The number of carbonyl (C=O) groups excluding carboxylic acids is 1. The summed E-state index contributed by atoms with van der Waals surface area (Å²) in [5.74, 6) is 1.05. The van der Waals surface area contributed by atoms with Crippen molar-refractivity contribution in [2.24, 2.45) is 5.92 Å². The fraction of sp³-hybridized carbons (Fsp3) is 0.421. The number of aryl methyl sites for hydroxylation is 1. The number of Topliss-reactive ketones (excluding diaryl/α,β-unsaturated/α-hetero) is 1. The van der Waals surface area contributed by atoms with Gasteiger partial charge in [0.2, 0.25) is 5.89 Å². The van der Waals surface area contributed by atoms with Crippen LogP contribution in [0.25, 0.3) is 10.9 Å². The molecule has 1 fully saturated rings. The van der Waals surface area contributed by atoms with Crippen LogP contribution in [0.15, 0.2) is 34.0 Å². The fourth-order valence-electron chi connectivity index (χ4n) is 3.61. The molecule has 1 N–H and O–H groups in total. The van der Waals surface area contributed by atoms with Crippen LogP contribution in [-0.4, -0.2) is 46.6 Å². The van der Waals surface area contributed by atoms with Gasteiger partial charge in [0.05, 0.1) is 17.3 Å². The van der Waals surface area contributed by atoms with Gasteiger partial charge in [-0.2, -0.15) is 0 Å². The van der Waals surface area contributed by atoms with E-state index in [1.807, 2.05) is 12.1 Å². The molecule has 7 nitrogen and oxygen atoms in total. The van der Waals surface area contributed by atoms with E-state index < -0.39 is 9.84 Å². The van der Waals surface area contributed by atoms with Crippen LogP contribution in [0.3, 0.4) is 0 Å². The Kier molecular flexibility index (Phi) is 5.29. The highest BCUT2D eigenvalue weighted by molar-refractivity contribution is 7.99. The Balaban J connectivity index is 1.39. The third-order valence-corrected chi connectivity index (χ3v) is 7.70. The summed E-state index contributed by atoms with van der Waals surface area (Å²) >= 11 is 1.20. The first-order chi connectivity index (χ1) is 13.4. The van der Waals surface area contributed by atoms with Crippen molar-refractivity contribution in [3.63, 3.8) is 0 Å². The van der Waals surface area contributed by atoms with Gasteiger partial charge in [0.15, 0.2) is 15.6 Å². The zero-order valence-corrected chi connectivity index (χ0v) is 17.1. The number of ketones is 1. The summed E-state index contributed by atoms with van der Waals surface area (Å²) in [6, 6.07) is 5.97. The number of nitrogens with one attached hydrogen (secondary N) is 1. The lowest BCUT2D eigenvalue weighted by Crippen LogP contribution is -2.07. The lowest BCUT2D eigenvalue weighted by molar-refractivity contribution is 0.102. The molecular weight excluding hydrogens is 398 g/mol. The van der Waals surface area contributed by atoms with E-state index in [1.165, 1.54) is 17.3 Å². The summed E-state index contributed by atoms with van der Waals surface area (Å²) in [5, 5.41) is 9.23. The van der Waals surface area contributed by atoms with Crippen molar-refractivity contribution in [3.05, 3.63) is 41.4 Å². The van der Waals surface area contributed by atoms with E-state index in [0.717, 1.165) is 17.3 Å². The SMILES string of the molecule is CCc1cccc2c(C(=O)CSc3nnc(C[C@H]4CCS(=O)(=O)C4)o3)c[nH]c12. The van der Waals surface area contributed by atoms with Crippen molar-refractivity contribution in [2.75, 3.05) is 17.3 Å². The van der Waals surface area contributed by atoms with Crippen LogP contribution in [0.4, 0.5) is 0 Å². The van der Waals surface area contributed by atoms with Crippen LogP contribution in [0, 0.1) is 5.92 Å². The Morgan fingerprint density at radius 3 is 2.96 bits per heavy atom. The van der Waals surface area contributed by atoms with Crippen molar-refractivity contribution in [3.8, 4) is 0 Å². The molecule has 0 unspecified atom stereocenters. The van der Waals surface area contributed by atoms with Gasteiger partial charge >= 0.3 is 0 Å². The highest BCUT2D eigenvalue weighted by Gasteiger charge is 2.29. The summed E-state index contributed by atoms with van der Waals surface area (Å²) in [7, 11) is -2.92. The van der Waals surface area contributed by atoms with E-state index in [9.17, 15) is 13.2 Å². The first kappa shape index (κ1) is 19.2. The zero-order chi connectivity index (χ0) is 19.7. The molecule has 0 bridgehead atoms. The molecule has 2 aromatic heterocycles. The van der Waals surface area contributed by atoms with E-state index in [-0.39, 0.29) is 29.0 Å². The van der Waals surface area contributed by atoms with Crippen LogP contribution in [0.5, 0.6) is 0 Å². The minimum absolute atomic E-state index is 0.00820. The van der Waals surface area contributed by atoms with E-state index in [2.05, 4.69) is 28.2 Å². The lowest BCUT2D eigenvalue weighted by atomic mass is 10.1. The minimum Gasteiger partial charge on any atom is -0.416 e. The normalized spacial score (nSPS) is 18.7. The molecule has 0 amide bonds. The predicted molar refractivity (Wildman–Crippen MR) is 107 cm³/mol. The first-order valence-electron chi connectivity index (χ1n) is 9.23. The third-order valence-electron chi connectivity index (χ3n) is 5.05. The number of aromatic nitrogens is 3. The average molecular weight is 420 g/mol. The number of nitrogens with zero attached hydrogens (tertiary/aromatic N) is 2. The molecule has 1 aromatic carbocycles. The molecule has 1 saturated heterocycles. The number of hydrogen-bond acceptors (Lipinski definition) is 7. The largest absolute Gasteiger partial charge is 0.416 e. The summed E-state index contributed by atoms with van der Waals surface area (Å²) < 4.78 is 28.7. The van der Waals surface area contributed by atoms with Crippen molar-refractivity contribution in [2.45, 2.75) is 31.4 Å². The second kappa shape index (κ2) is 7.71. The Morgan fingerprint density at radius 2 is 2.21 bits per heavy atom. The van der Waals surface area contributed by atoms with Gasteiger partial charge in [-0.05, 0) is 24.3 Å². The molecular formula is C19H21N3O4S2. The van der Waals surface area contributed by atoms with Gasteiger partial charge < -0.3 is 9.40 Å². The second-order valence-electron chi connectivity index (χ2n) is 7.04. The van der Waals surface area contributed by atoms with Gasteiger partial charge in [-0.15, -0.1) is 10.2 Å².